The van der Waals surface area contributed by atoms with Crippen LogP contribution in [-0.4, -0.2) is 17.9 Å². The van der Waals surface area contributed by atoms with Crippen LogP contribution in [0.1, 0.15) is 46.5 Å². The van der Waals surface area contributed by atoms with Crippen LogP contribution in [-0.2, 0) is 9.59 Å². The highest BCUT2D eigenvalue weighted by atomic mass is 16.2. The molecule has 15 heavy (non-hydrogen) atoms. The Balaban J connectivity index is 4.05. The van der Waals surface area contributed by atoms with Crippen LogP contribution in [0, 0.1) is 5.92 Å². The second-order valence-corrected chi connectivity index (χ2v) is 4.03. The van der Waals surface area contributed by atoms with E-state index in [2.05, 4.69) is 5.32 Å². The number of hydrogen-bond donors (Lipinski definition) is 2. The minimum Gasteiger partial charge on any atom is -0.368 e. The molecule has 2 atom stereocenters. The molecule has 0 rings (SSSR count). The van der Waals surface area contributed by atoms with Gasteiger partial charge in [-0.3, -0.25) is 9.59 Å². The van der Waals surface area contributed by atoms with Crippen molar-refractivity contribution in [2.45, 2.75) is 52.5 Å². The molecule has 0 radical (unpaired) electrons. The van der Waals surface area contributed by atoms with Crippen molar-refractivity contribution in [3.8, 4) is 0 Å². The van der Waals surface area contributed by atoms with Crippen molar-refractivity contribution in [2.24, 2.45) is 11.7 Å². The summed E-state index contributed by atoms with van der Waals surface area (Å²) in [6.07, 6.45) is 2.87. The molecule has 3 N–H and O–H groups in total. The molecular formula is C11H22N2O2. The lowest BCUT2D eigenvalue weighted by atomic mass is 10.0. The first-order chi connectivity index (χ1) is 7.01. The molecule has 0 aliphatic carbocycles. The van der Waals surface area contributed by atoms with Crippen LogP contribution in [0.2, 0.25) is 0 Å². The van der Waals surface area contributed by atoms with E-state index < -0.39 is 11.9 Å². The Hall–Kier alpha value is -1.06. The third-order valence-electron chi connectivity index (χ3n) is 2.49. The second-order valence-electron chi connectivity index (χ2n) is 4.03. The molecule has 0 aromatic carbocycles. The normalized spacial score (nSPS) is 14.3. The standard InChI is InChI=1S/C11H22N2O2/c1-4-6-9(11(12)15)13-10(14)7-8(3)5-2/h8-9H,4-7H2,1-3H3,(H2,12,15)(H,13,14). The Labute approximate surface area is 91.6 Å². The zero-order valence-electron chi connectivity index (χ0n) is 9.88. The van der Waals surface area contributed by atoms with Crippen molar-refractivity contribution in [3.63, 3.8) is 0 Å². The number of hydrogen-bond acceptors (Lipinski definition) is 2. The fourth-order valence-electron chi connectivity index (χ4n) is 1.29. The topological polar surface area (TPSA) is 72.2 Å². The minimum absolute atomic E-state index is 0.0819. The van der Waals surface area contributed by atoms with Gasteiger partial charge in [-0.25, -0.2) is 0 Å². The molecule has 0 spiro atoms. The quantitative estimate of drug-likeness (QED) is 0.668. The van der Waals surface area contributed by atoms with Crippen LogP contribution in [0.4, 0.5) is 0 Å². The van der Waals surface area contributed by atoms with Crippen LogP contribution >= 0.6 is 0 Å². The Bertz CT molecular complexity index is 217. The van der Waals surface area contributed by atoms with Gasteiger partial charge in [-0.2, -0.15) is 0 Å². The fraction of sp³-hybridized carbons (Fsp3) is 0.818. The molecule has 0 aliphatic heterocycles. The fourth-order valence-corrected chi connectivity index (χ4v) is 1.29. The van der Waals surface area contributed by atoms with Crippen LogP contribution in [0.25, 0.3) is 0 Å². The first-order valence-electron chi connectivity index (χ1n) is 5.59. The Morgan fingerprint density at radius 3 is 2.33 bits per heavy atom. The average Bonchev–Trinajstić information content (AvgIpc) is 2.16. The summed E-state index contributed by atoms with van der Waals surface area (Å²) in [4.78, 5) is 22.5. The van der Waals surface area contributed by atoms with Crippen molar-refractivity contribution in [3.05, 3.63) is 0 Å². The summed E-state index contributed by atoms with van der Waals surface area (Å²) in [5.74, 6) is -0.184. The highest BCUT2D eigenvalue weighted by Crippen LogP contribution is 2.06. The second kappa shape index (κ2) is 7.26. The van der Waals surface area contributed by atoms with Gasteiger partial charge in [0.05, 0.1) is 0 Å². The molecule has 2 amide bonds. The molecule has 0 saturated heterocycles. The predicted octanol–water partition coefficient (Wildman–Crippen LogP) is 1.19. The molecule has 0 saturated carbocycles. The number of carbonyl (C=O) groups is 2. The monoisotopic (exact) mass is 214 g/mol. The van der Waals surface area contributed by atoms with Crippen molar-refractivity contribution in [1.82, 2.24) is 5.32 Å². The first-order valence-corrected chi connectivity index (χ1v) is 5.59. The maximum absolute atomic E-state index is 11.5. The Morgan fingerprint density at radius 1 is 1.33 bits per heavy atom. The highest BCUT2D eigenvalue weighted by molar-refractivity contribution is 5.86. The maximum Gasteiger partial charge on any atom is 0.239 e. The molecule has 0 fully saturated rings. The smallest absolute Gasteiger partial charge is 0.239 e. The van der Waals surface area contributed by atoms with Crippen LogP contribution in [0.15, 0.2) is 0 Å². The molecule has 4 heteroatoms. The zero-order chi connectivity index (χ0) is 11.8. The maximum atomic E-state index is 11.5. The van der Waals surface area contributed by atoms with E-state index in [1.165, 1.54) is 0 Å². The van der Waals surface area contributed by atoms with E-state index in [9.17, 15) is 9.59 Å². The van der Waals surface area contributed by atoms with Gasteiger partial charge in [0.1, 0.15) is 6.04 Å². The molecule has 0 aromatic rings. The third-order valence-corrected chi connectivity index (χ3v) is 2.49. The Morgan fingerprint density at radius 2 is 1.93 bits per heavy atom. The molecular weight excluding hydrogens is 192 g/mol. The summed E-state index contributed by atoms with van der Waals surface area (Å²) in [5.41, 5.74) is 5.18. The van der Waals surface area contributed by atoms with Gasteiger partial charge in [0.25, 0.3) is 0 Å². The van der Waals surface area contributed by atoms with Gasteiger partial charge in [-0.05, 0) is 12.3 Å². The lowest BCUT2D eigenvalue weighted by Crippen LogP contribution is -2.44. The van der Waals surface area contributed by atoms with E-state index in [1.807, 2.05) is 20.8 Å². The summed E-state index contributed by atoms with van der Waals surface area (Å²) < 4.78 is 0. The van der Waals surface area contributed by atoms with Gasteiger partial charge >= 0.3 is 0 Å². The molecule has 2 unspecified atom stereocenters. The van der Waals surface area contributed by atoms with E-state index >= 15 is 0 Å². The Kier molecular flexibility index (Phi) is 6.75. The lowest BCUT2D eigenvalue weighted by molar-refractivity contribution is -0.128. The highest BCUT2D eigenvalue weighted by Gasteiger charge is 2.17. The van der Waals surface area contributed by atoms with Gasteiger partial charge < -0.3 is 11.1 Å². The summed E-state index contributed by atoms with van der Waals surface area (Å²) in [7, 11) is 0. The van der Waals surface area contributed by atoms with E-state index in [-0.39, 0.29) is 5.91 Å². The van der Waals surface area contributed by atoms with Gasteiger partial charge in [0.2, 0.25) is 11.8 Å². The molecule has 0 heterocycles. The van der Waals surface area contributed by atoms with E-state index in [4.69, 9.17) is 5.73 Å². The van der Waals surface area contributed by atoms with Gasteiger partial charge in [-0.15, -0.1) is 0 Å². The van der Waals surface area contributed by atoms with E-state index in [0.717, 1.165) is 12.8 Å². The van der Waals surface area contributed by atoms with Crippen LogP contribution in [0.5, 0.6) is 0 Å². The number of nitrogens with two attached hydrogens (primary N) is 1. The van der Waals surface area contributed by atoms with Crippen molar-refractivity contribution >= 4 is 11.8 Å². The van der Waals surface area contributed by atoms with Crippen molar-refractivity contribution in [1.29, 1.82) is 0 Å². The zero-order valence-corrected chi connectivity index (χ0v) is 9.88. The molecule has 0 aromatic heterocycles. The number of rotatable bonds is 7. The van der Waals surface area contributed by atoms with Gasteiger partial charge in [-0.1, -0.05) is 33.6 Å². The van der Waals surface area contributed by atoms with Crippen molar-refractivity contribution < 1.29 is 9.59 Å². The summed E-state index contributed by atoms with van der Waals surface area (Å²) >= 11 is 0. The average molecular weight is 214 g/mol. The van der Waals surface area contributed by atoms with Crippen LogP contribution < -0.4 is 11.1 Å². The molecule has 0 aliphatic rings. The molecule has 0 bridgehead atoms. The minimum atomic E-state index is -0.508. The number of primary amides is 1. The van der Waals surface area contributed by atoms with Crippen molar-refractivity contribution in [2.75, 3.05) is 0 Å². The van der Waals surface area contributed by atoms with Gasteiger partial charge in [0.15, 0.2) is 0 Å². The van der Waals surface area contributed by atoms with Gasteiger partial charge in [0, 0.05) is 6.42 Å². The van der Waals surface area contributed by atoms with E-state index in [1.54, 1.807) is 0 Å². The van der Waals surface area contributed by atoms with E-state index in [0.29, 0.717) is 18.8 Å². The summed E-state index contributed by atoms with van der Waals surface area (Å²) in [6, 6.07) is -0.508. The molecule has 88 valence electrons. The lowest BCUT2D eigenvalue weighted by Gasteiger charge is -2.15. The third kappa shape index (κ3) is 6.10. The first kappa shape index (κ1) is 13.9. The number of nitrogens with one attached hydrogen (secondary N) is 1. The van der Waals surface area contributed by atoms with Crippen LogP contribution in [0.3, 0.4) is 0 Å². The molecule has 4 nitrogen and oxygen atoms in total. The SMILES string of the molecule is CCCC(NC(=O)CC(C)CC)C(N)=O. The number of amides is 2. The summed E-state index contributed by atoms with van der Waals surface area (Å²) in [5, 5.41) is 2.67. The summed E-state index contributed by atoms with van der Waals surface area (Å²) in [6.45, 7) is 6.00. The predicted molar refractivity (Wildman–Crippen MR) is 60.1 cm³/mol. The number of carbonyl (C=O) groups excluding carboxylic acids is 2. The largest absolute Gasteiger partial charge is 0.368 e.